The number of hydrogen-bond donors (Lipinski definition) is 1. The number of benzene rings is 1. The fraction of sp³-hybridized carbons (Fsp3) is 0.417. The Hall–Kier alpha value is -2.97. The van der Waals surface area contributed by atoms with E-state index >= 15 is 0 Å². The number of alkyl halides is 5. The second kappa shape index (κ2) is 12.5. The van der Waals surface area contributed by atoms with Crippen LogP contribution in [0.5, 0.6) is 5.88 Å². The van der Waals surface area contributed by atoms with E-state index in [1.54, 1.807) is 0 Å². The lowest BCUT2D eigenvalue weighted by atomic mass is 9.96. The van der Waals surface area contributed by atoms with E-state index in [2.05, 4.69) is 20.3 Å². The fourth-order valence-corrected chi connectivity index (χ4v) is 5.45. The molecule has 7 nitrogen and oxygen atoms in total. The van der Waals surface area contributed by atoms with E-state index < -0.39 is 41.8 Å². The number of ether oxygens (including phenoxy) is 1. The van der Waals surface area contributed by atoms with Crippen molar-refractivity contribution in [3.8, 4) is 5.88 Å². The van der Waals surface area contributed by atoms with Gasteiger partial charge in [-0.2, -0.15) is 13.2 Å². The lowest BCUT2D eigenvalue weighted by Crippen LogP contribution is -2.43. The van der Waals surface area contributed by atoms with Crippen LogP contribution >= 0.6 is 22.9 Å². The van der Waals surface area contributed by atoms with Gasteiger partial charge in [-0.1, -0.05) is 17.7 Å². The topological polar surface area (TPSA) is 80.2 Å². The average molecular weight is 594 g/mol. The van der Waals surface area contributed by atoms with Crippen LogP contribution in [0.3, 0.4) is 0 Å². The molecule has 1 saturated heterocycles. The van der Waals surface area contributed by atoms with Crippen molar-refractivity contribution in [3.05, 3.63) is 68.8 Å². The molecule has 0 bridgehead atoms. The van der Waals surface area contributed by atoms with E-state index in [4.69, 9.17) is 16.3 Å². The molecule has 1 amide bonds. The van der Waals surface area contributed by atoms with Crippen molar-refractivity contribution < 1.29 is 35.9 Å². The van der Waals surface area contributed by atoms with Crippen LogP contribution in [0.4, 0.5) is 26.3 Å². The van der Waals surface area contributed by atoms with Gasteiger partial charge in [-0.05, 0) is 44.0 Å². The van der Waals surface area contributed by atoms with Crippen molar-refractivity contribution in [1.82, 2.24) is 25.2 Å². The second-order valence-electron chi connectivity index (χ2n) is 8.75. The number of halogens is 7. The van der Waals surface area contributed by atoms with Gasteiger partial charge in [0.1, 0.15) is 17.8 Å². The zero-order valence-electron chi connectivity index (χ0n) is 20.1. The number of hydrogen-bond acceptors (Lipinski definition) is 7. The van der Waals surface area contributed by atoms with Gasteiger partial charge in [-0.25, -0.2) is 28.1 Å². The molecule has 1 aliphatic rings. The smallest absolute Gasteiger partial charge is 0.433 e. The molecule has 15 heteroatoms. The third kappa shape index (κ3) is 7.17. The predicted octanol–water partition coefficient (Wildman–Crippen LogP) is 5.94. The SMILES string of the molecule is O=C(NCC(c1scnc1C(F)F)N1CCC(COc2cc(C(F)(F)F)ncn2)CC1)c1c(F)cccc1Cl. The van der Waals surface area contributed by atoms with Crippen LogP contribution in [-0.2, 0) is 6.18 Å². The highest BCUT2D eigenvalue weighted by Gasteiger charge is 2.34. The molecule has 4 rings (SSSR count). The molecule has 1 aliphatic heterocycles. The van der Waals surface area contributed by atoms with E-state index in [0.29, 0.717) is 25.9 Å². The molecule has 3 aromatic rings. The molecule has 210 valence electrons. The van der Waals surface area contributed by atoms with E-state index in [1.165, 1.54) is 17.6 Å². The molecule has 0 aliphatic carbocycles. The first-order chi connectivity index (χ1) is 18.5. The van der Waals surface area contributed by atoms with Gasteiger partial charge < -0.3 is 10.1 Å². The average Bonchev–Trinajstić information content (AvgIpc) is 3.38. The van der Waals surface area contributed by atoms with Crippen molar-refractivity contribution in [2.75, 3.05) is 26.2 Å². The van der Waals surface area contributed by atoms with Crippen molar-refractivity contribution in [3.63, 3.8) is 0 Å². The first-order valence-corrected chi connectivity index (χ1v) is 13.0. The van der Waals surface area contributed by atoms with Crippen molar-refractivity contribution >= 4 is 28.8 Å². The quantitative estimate of drug-likeness (QED) is 0.309. The Morgan fingerprint density at radius 3 is 2.62 bits per heavy atom. The molecule has 1 aromatic carbocycles. The molecule has 1 N–H and O–H groups in total. The van der Waals surface area contributed by atoms with Crippen molar-refractivity contribution in [1.29, 1.82) is 0 Å². The van der Waals surface area contributed by atoms with Crippen LogP contribution in [0, 0.1) is 11.7 Å². The Morgan fingerprint density at radius 2 is 1.95 bits per heavy atom. The molecule has 1 atom stereocenters. The largest absolute Gasteiger partial charge is 0.477 e. The fourth-order valence-electron chi connectivity index (χ4n) is 4.27. The summed E-state index contributed by atoms with van der Waals surface area (Å²) in [4.78, 5) is 25.6. The van der Waals surface area contributed by atoms with Crippen LogP contribution in [0.2, 0.25) is 5.02 Å². The lowest BCUT2D eigenvalue weighted by molar-refractivity contribution is -0.141. The zero-order valence-corrected chi connectivity index (χ0v) is 21.7. The molecule has 0 spiro atoms. The van der Waals surface area contributed by atoms with Crippen LogP contribution in [0.1, 0.15) is 51.9 Å². The molecular weight excluding hydrogens is 572 g/mol. The summed E-state index contributed by atoms with van der Waals surface area (Å²) in [6, 6.07) is 3.87. The third-order valence-corrected chi connectivity index (χ3v) is 7.53. The van der Waals surface area contributed by atoms with E-state index in [1.807, 2.05) is 4.90 Å². The molecule has 2 aromatic heterocycles. The maximum atomic E-state index is 14.2. The van der Waals surface area contributed by atoms with Gasteiger partial charge in [0.25, 0.3) is 12.3 Å². The minimum atomic E-state index is -4.62. The monoisotopic (exact) mass is 593 g/mol. The van der Waals surface area contributed by atoms with Gasteiger partial charge in [0.15, 0.2) is 5.69 Å². The van der Waals surface area contributed by atoms with Crippen LogP contribution < -0.4 is 10.1 Å². The highest BCUT2D eigenvalue weighted by atomic mass is 35.5. The molecule has 0 saturated carbocycles. The van der Waals surface area contributed by atoms with E-state index in [9.17, 15) is 31.1 Å². The number of piperidine rings is 1. The summed E-state index contributed by atoms with van der Waals surface area (Å²) in [5.41, 5.74) is -0.539. The molecule has 3 heterocycles. The maximum absolute atomic E-state index is 14.2. The van der Waals surface area contributed by atoms with Gasteiger partial charge in [-0.15, -0.1) is 11.3 Å². The molecule has 0 radical (unpaired) electrons. The Balaban J connectivity index is 1.42. The highest BCUT2D eigenvalue weighted by Crippen LogP contribution is 2.35. The van der Waals surface area contributed by atoms with Gasteiger partial charge >= 0.3 is 6.18 Å². The molecule has 39 heavy (non-hydrogen) atoms. The standard InChI is InChI=1S/C24H22ClF6N5O2S/c25-14-2-1-3-15(26)19(14)23(37)32-9-16(21-20(22(27)28)35-12-39-21)36-6-4-13(5-7-36)10-38-18-8-17(24(29,30)31)33-11-34-18/h1-3,8,11-13,16,22H,4-7,9-10H2,(H,32,37). The first-order valence-electron chi connectivity index (χ1n) is 11.7. The number of rotatable bonds is 9. The number of thiazole rings is 1. The summed E-state index contributed by atoms with van der Waals surface area (Å²) < 4.78 is 85.6. The van der Waals surface area contributed by atoms with Crippen LogP contribution in [0.15, 0.2) is 36.1 Å². The van der Waals surface area contributed by atoms with E-state index in [-0.39, 0.29) is 40.4 Å². The Labute approximate surface area is 228 Å². The molecule has 1 fully saturated rings. The number of nitrogens with one attached hydrogen (secondary N) is 1. The Bertz CT molecular complexity index is 1270. The summed E-state index contributed by atoms with van der Waals surface area (Å²) in [5.74, 6) is -1.82. The summed E-state index contributed by atoms with van der Waals surface area (Å²) in [7, 11) is 0. The second-order valence-corrected chi connectivity index (χ2v) is 10.0. The van der Waals surface area contributed by atoms with Crippen LogP contribution in [0.25, 0.3) is 0 Å². The third-order valence-electron chi connectivity index (χ3n) is 6.27. The molecule has 1 unspecified atom stereocenters. The maximum Gasteiger partial charge on any atom is 0.433 e. The highest BCUT2D eigenvalue weighted by molar-refractivity contribution is 7.09. The van der Waals surface area contributed by atoms with Gasteiger partial charge in [0, 0.05) is 12.6 Å². The Kier molecular flexibility index (Phi) is 9.28. The number of carbonyl (C=O) groups excluding carboxylic acids is 1. The van der Waals surface area contributed by atoms with Gasteiger partial charge in [0.05, 0.1) is 33.6 Å². The summed E-state index contributed by atoms with van der Waals surface area (Å²) in [6.45, 7) is 0.853. The zero-order chi connectivity index (χ0) is 28.2. The summed E-state index contributed by atoms with van der Waals surface area (Å²) in [5, 5.41) is 2.52. The van der Waals surface area contributed by atoms with Gasteiger partial charge in [0.2, 0.25) is 5.88 Å². The van der Waals surface area contributed by atoms with Crippen molar-refractivity contribution in [2.45, 2.75) is 31.5 Å². The number of nitrogens with zero attached hydrogens (tertiary/aromatic N) is 4. The molecular formula is C24H22ClF6N5O2S. The minimum Gasteiger partial charge on any atom is -0.477 e. The summed E-state index contributed by atoms with van der Waals surface area (Å²) in [6.07, 6.45) is -5.58. The minimum absolute atomic E-state index is 0.0333. The lowest BCUT2D eigenvalue weighted by Gasteiger charge is -2.37. The normalized spacial score (nSPS) is 15.9. The number of amides is 1. The summed E-state index contributed by atoms with van der Waals surface area (Å²) >= 11 is 7.01. The van der Waals surface area contributed by atoms with Crippen molar-refractivity contribution in [2.24, 2.45) is 5.92 Å². The van der Waals surface area contributed by atoms with E-state index in [0.717, 1.165) is 29.8 Å². The number of likely N-dealkylation sites (tertiary alicyclic amines) is 1. The van der Waals surface area contributed by atoms with Crippen LogP contribution in [-0.4, -0.2) is 52.0 Å². The predicted molar refractivity (Wildman–Crippen MR) is 130 cm³/mol. The number of aromatic nitrogens is 3. The Morgan fingerprint density at radius 1 is 1.21 bits per heavy atom. The van der Waals surface area contributed by atoms with Gasteiger partial charge in [-0.3, -0.25) is 9.69 Å². The first kappa shape index (κ1) is 29.0. The number of carbonyl (C=O) groups is 1.